The number of rotatable bonds is 3. The Morgan fingerprint density at radius 2 is 2.33 bits per heavy atom. The predicted octanol–water partition coefficient (Wildman–Crippen LogP) is 0.772. The van der Waals surface area contributed by atoms with Crippen LogP contribution in [0.2, 0.25) is 0 Å². The summed E-state index contributed by atoms with van der Waals surface area (Å²) >= 11 is 0. The minimum atomic E-state index is -0.0944. The van der Waals surface area contributed by atoms with Gasteiger partial charge < -0.3 is 10.8 Å². The summed E-state index contributed by atoms with van der Waals surface area (Å²) in [7, 11) is 0. The first-order chi connectivity index (χ1) is 5.74. The van der Waals surface area contributed by atoms with Gasteiger partial charge in [-0.15, -0.1) is 0 Å². The highest BCUT2D eigenvalue weighted by atomic mass is 16.3. The van der Waals surface area contributed by atoms with E-state index in [0.717, 1.165) is 11.3 Å². The van der Waals surface area contributed by atoms with Gasteiger partial charge in [0.25, 0.3) is 0 Å². The second-order valence-electron chi connectivity index (χ2n) is 2.85. The molecule has 1 heterocycles. The fourth-order valence-electron chi connectivity index (χ4n) is 1.00. The summed E-state index contributed by atoms with van der Waals surface area (Å²) in [6, 6.07) is 3.78. The van der Waals surface area contributed by atoms with Gasteiger partial charge in [-0.25, -0.2) is 0 Å². The highest BCUT2D eigenvalue weighted by Crippen LogP contribution is 2.11. The summed E-state index contributed by atoms with van der Waals surface area (Å²) in [5.41, 5.74) is 7.72. The van der Waals surface area contributed by atoms with Gasteiger partial charge in [-0.2, -0.15) is 0 Å². The summed E-state index contributed by atoms with van der Waals surface area (Å²) in [6.45, 7) is 2.05. The molecule has 0 amide bonds. The molecule has 0 aromatic carbocycles. The van der Waals surface area contributed by atoms with Crippen molar-refractivity contribution in [1.29, 1.82) is 0 Å². The van der Waals surface area contributed by atoms with E-state index in [-0.39, 0.29) is 12.6 Å². The van der Waals surface area contributed by atoms with Crippen molar-refractivity contribution in [3.05, 3.63) is 29.6 Å². The van der Waals surface area contributed by atoms with Crippen molar-refractivity contribution < 1.29 is 5.11 Å². The monoisotopic (exact) mass is 166 g/mol. The van der Waals surface area contributed by atoms with E-state index in [4.69, 9.17) is 10.8 Å². The van der Waals surface area contributed by atoms with Gasteiger partial charge in [0, 0.05) is 24.5 Å². The third-order valence-corrected chi connectivity index (χ3v) is 1.80. The first-order valence-electron chi connectivity index (χ1n) is 4.03. The third kappa shape index (κ3) is 2.29. The van der Waals surface area contributed by atoms with E-state index in [0.29, 0.717) is 6.42 Å². The van der Waals surface area contributed by atoms with Gasteiger partial charge in [0.2, 0.25) is 0 Å². The van der Waals surface area contributed by atoms with Crippen LogP contribution in [-0.4, -0.2) is 16.7 Å². The minimum absolute atomic E-state index is 0.0944. The van der Waals surface area contributed by atoms with Gasteiger partial charge in [-0.3, -0.25) is 4.98 Å². The average Bonchev–Trinajstić information content (AvgIpc) is 2.06. The molecule has 0 bridgehead atoms. The molecular formula is C9H14N2O. The third-order valence-electron chi connectivity index (χ3n) is 1.80. The molecule has 3 N–H and O–H groups in total. The quantitative estimate of drug-likeness (QED) is 0.697. The first kappa shape index (κ1) is 9.16. The van der Waals surface area contributed by atoms with Crippen LogP contribution in [0.4, 0.5) is 0 Å². The molecule has 0 aliphatic rings. The average molecular weight is 166 g/mol. The standard InChI is InChI=1S/C9H14N2O/c1-7-2-3-8(6-11-7)9(10)4-5-12/h2-3,6,9,12H,4-5,10H2,1H3/t9-/m0/s1. The van der Waals surface area contributed by atoms with E-state index in [9.17, 15) is 0 Å². The topological polar surface area (TPSA) is 59.1 Å². The molecule has 3 heteroatoms. The lowest BCUT2D eigenvalue weighted by atomic mass is 10.1. The second kappa shape index (κ2) is 4.18. The summed E-state index contributed by atoms with van der Waals surface area (Å²) in [4.78, 5) is 4.12. The molecule has 0 saturated carbocycles. The number of nitrogens with zero attached hydrogens (tertiary/aromatic N) is 1. The number of aryl methyl sites for hydroxylation is 1. The van der Waals surface area contributed by atoms with E-state index in [1.54, 1.807) is 6.20 Å². The number of pyridine rings is 1. The van der Waals surface area contributed by atoms with Gasteiger partial charge in [-0.05, 0) is 25.0 Å². The Labute approximate surface area is 72.2 Å². The molecule has 0 unspecified atom stereocenters. The van der Waals surface area contributed by atoms with Crippen molar-refractivity contribution in [1.82, 2.24) is 4.98 Å². The highest BCUT2D eigenvalue weighted by Gasteiger charge is 2.04. The Balaban J connectivity index is 2.68. The maximum absolute atomic E-state index is 8.65. The summed E-state index contributed by atoms with van der Waals surface area (Å²) in [5.74, 6) is 0. The molecule has 0 fully saturated rings. The van der Waals surface area contributed by atoms with Crippen LogP contribution in [0.1, 0.15) is 23.7 Å². The van der Waals surface area contributed by atoms with Crippen molar-refractivity contribution in [2.75, 3.05) is 6.61 Å². The maximum Gasteiger partial charge on any atom is 0.0449 e. The molecule has 1 aromatic heterocycles. The van der Waals surface area contributed by atoms with Crippen molar-refractivity contribution in [3.8, 4) is 0 Å². The Kier molecular flexibility index (Phi) is 3.19. The molecule has 0 radical (unpaired) electrons. The van der Waals surface area contributed by atoms with Gasteiger partial charge in [0.1, 0.15) is 0 Å². The van der Waals surface area contributed by atoms with Crippen molar-refractivity contribution >= 4 is 0 Å². The Morgan fingerprint density at radius 3 is 2.83 bits per heavy atom. The van der Waals surface area contributed by atoms with Crippen molar-refractivity contribution in [2.45, 2.75) is 19.4 Å². The number of nitrogens with two attached hydrogens (primary N) is 1. The molecule has 66 valence electrons. The number of hydrogen-bond acceptors (Lipinski definition) is 3. The molecule has 0 aliphatic heterocycles. The summed E-state index contributed by atoms with van der Waals surface area (Å²) < 4.78 is 0. The zero-order valence-corrected chi connectivity index (χ0v) is 7.20. The Hall–Kier alpha value is -0.930. The smallest absolute Gasteiger partial charge is 0.0449 e. The first-order valence-corrected chi connectivity index (χ1v) is 4.03. The lowest BCUT2D eigenvalue weighted by Gasteiger charge is -2.09. The SMILES string of the molecule is Cc1ccc([C@@H](N)CCO)cn1. The molecular weight excluding hydrogens is 152 g/mol. The highest BCUT2D eigenvalue weighted by molar-refractivity contribution is 5.16. The Bertz CT molecular complexity index is 233. The summed E-state index contributed by atoms with van der Waals surface area (Å²) in [5, 5.41) is 8.65. The molecule has 3 nitrogen and oxygen atoms in total. The molecule has 0 aliphatic carbocycles. The normalized spacial score (nSPS) is 12.9. The van der Waals surface area contributed by atoms with Crippen LogP contribution in [-0.2, 0) is 0 Å². The van der Waals surface area contributed by atoms with Gasteiger partial charge in [0.05, 0.1) is 0 Å². The maximum atomic E-state index is 8.65. The largest absolute Gasteiger partial charge is 0.396 e. The Morgan fingerprint density at radius 1 is 1.58 bits per heavy atom. The van der Waals surface area contributed by atoms with Crippen LogP contribution in [0.5, 0.6) is 0 Å². The van der Waals surface area contributed by atoms with Crippen molar-refractivity contribution in [2.24, 2.45) is 5.73 Å². The summed E-state index contributed by atoms with van der Waals surface area (Å²) in [6.07, 6.45) is 2.35. The van der Waals surface area contributed by atoms with Gasteiger partial charge in [-0.1, -0.05) is 6.07 Å². The van der Waals surface area contributed by atoms with E-state index < -0.39 is 0 Å². The minimum Gasteiger partial charge on any atom is -0.396 e. The number of aliphatic hydroxyl groups excluding tert-OH is 1. The number of aromatic nitrogens is 1. The van der Waals surface area contributed by atoms with Crippen LogP contribution < -0.4 is 5.73 Å². The fourth-order valence-corrected chi connectivity index (χ4v) is 1.00. The van der Waals surface area contributed by atoms with Gasteiger partial charge >= 0.3 is 0 Å². The fraction of sp³-hybridized carbons (Fsp3) is 0.444. The van der Waals surface area contributed by atoms with E-state index in [1.807, 2.05) is 19.1 Å². The zero-order chi connectivity index (χ0) is 8.97. The van der Waals surface area contributed by atoms with E-state index in [1.165, 1.54) is 0 Å². The zero-order valence-electron chi connectivity index (χ0n) is 7.20. The van der Waals surface area contributed by atoms with Crippen LogP contribution in [0.25, 0.3) is 0 Å². The molecule has 12 heavy (non-hydrogen) atoms. The lowest BCUT2D eigenvalue weighted by molar-refractivity contribution is 0.276. The van der Waals surface area contributed by atoms with Crippen LogP contribution in [0.3, 0.4) is 0 Å². The van der Waals surface area contributed by atoms with Crippen molar-refractivity contribution in [3.63, 3.8) is 0 Å². The van der Waals surface area contributed by atoms with E-state index in [2.05, 4.69) is 4.98 Å². The number of aliphatic hydroxyl groups is 1. The van der Waals surface area contributed by atoms with E-state index >= 15 is 0 Å². The molecule has 0 spiro atoms. The molecule has 1 rings (SSSR count). The van der Waals surface area contributed by atoms with Gasteiger partial charge in [0.15, 0.2) is 0 Å². The van der Waals surface area contributed by atoms with Crippen LogP contribution in [0.15, 0.2) is 18.3 Å². The van der Waals surface area contributed by atoms with Crippen LogP contribution >= 0.6 is 0 Å². The molecule has 1 atom stereocenters. The van der Waals surface area contributed by atoms with Crippen LogP contribution in [0, 0.1) is 6.92 Å². The second-order valence-corrected chi connectivity index (χ2v) is 2.85. The molecule has 0 saturated heterocycles. The number of hydrogen-bond donors (Lipinski definition) is 2. The lowest BCUT2D eigenvalue weighted by Crippen LogP contribution is -2.12. The predicted molar refractivity (Wildman–Crippen MR) is 47.6 cm³/mol. The molecule has 1 aromatic rings.